The molecule has 1 aliphatic rings. The van der Waals surface area contributed by atoms with Crippen LogP contribution in [0.1, 0.15) is 5.69 Å². The third-order valence-corrected chi connectivity index (χ3v) is 4.43. The molecular formula is C17H19F3N6O2. The first-order chi connectivity index (χ1) is 13.2. The lowest BCUT2D eigenvalue weighted by atomic mass is 10.2. The lowest BCUT2D eigenvalue weighted by Gasteiger charge is -2.36. The first kappa shape index (κ1) is 19.6. The highest BCUT2D eigenvalue weighted by atomic mass is 19.4. The summed E-state index contributed by atoms with van der Waals surface area (Å²) in [7, 11) is 3.22. The van der Waals surface area contributed by atoms with Crippen LogP contribution in [0, 0.1) is 10.1 Å². The van der Waals surface area contributed by atoms with Crippen LogP contribution in [-0.2, 0) is 6.18 Å². The summed E-state index contributed by atoms with van der Waals surface area (Å²) >= 11 is 0. The summed E-state index contributed by atoms with van der Waals surface area (Å²) < 4.78 is 39.5. The van der Waals surface area contributed by atoms with E-state index in [1.54, 1.807) is 37.2 Å². The molecular weight excluding hydrogens is 377 g/mol. The third-order valence-electron chi connectivity index (χ3n) is 4.43. The number of hydrogen-bond acceptors (Lipinski definition) is 7. The fourth-order valence-corrected chi connectivity index (χ4v) is 2.97. The van der Waals surface area contributed by atoms with Crippen LogP contribution < -0.4 is 14.7 Å². The molecule has 1 aromatic carbocycles. The fraction of sp³-hybridized carbons (Fsp3) is 0.412. The van der Waals surface area contributed by atoms with Crippen LogP contribution in [0.3, 0.4) is 0 Å². The summed E-state index contributed by atoms with van der Waals surface area (Å²) in [6, 6.07) is 7.32. The predicted molar refractivity (Wildman–Crippen MR) is 98.9 cm³/mol. The standard InChI is InChI=1S/C17H19F3N6O2/c1-23(2)15-11-14(17(18,19)20)21-16(22-15)25-9-7-24(8-10-25)12-5-3-4-6-13(12)26(27)28/h3-6,11H,7-10H2,1-2H3. The smallest absolute Gasteiger partial charge is 0.363 e. The molecule has 1 aliphatic heterocycles. The molecule has 2 aromatic rings. The zero-order chi connectivity index (χ0) is 20.5. The Labute approximate surface area is 159 Å². The molecule has 3 rings (SSSR count). The minimum Gasteiger partial charge on any atom is -0.363 e. The predicted octanol–water partition coefficient (Wildman–Crippen LogP) is 2.80. The first-order valence-electron chi connectivity index (χ1n) is 8.53. The molecule has 0 saturated carbocycles. The Morgan fingerprint density at radius 2 is 1.68 bits per heavy atom. The van der Waals surface area contributed by atoms with Crippen LogP contribution >= 0.6 is 0 Å². The largest absolute Gasteiger partial charge is 0.433 e. The molecule has 0 unspecified atom stereocenters. The number of nitro groups is 1. The summed E-state index contributed by atoms with van der Waals surface area (Å²) in [6.07, 6.45) is -4.57. The number of para-hydroxylation sites is 2. The number of benzene rings is 1. The van der Waals surface area contributed by atoms with Gasteiger partial charge in [0.25, 0.3) is 5.69 Å². The van der Waals surface area contributed by atoms with E-state index in [1.807, 2.05) is 4.90 Å². The molecule has 8 nitrogen and oxygen atoms in total. The van der Waals surface area contributed by atoms with E-state index >= 15 is 0 Å². The minimum atomic E-state index is -4.57. The van der Waals surface area contributed by atoms with Gasteiger partial charge in [0.1, 0.15) is 11.5 Å². The molecule has 1 saturated heterocycles. The van der Waals surface area contributed by atoms with Crippen LogP contribution in [0.5, 0.6) is 0 Å². The van der Waals surface area contributed by atoms with E-state index in [-0.39, 0.29) is 17.5 Å². The van der Waals surface area contributed by atoms with E-state index in [2.05, 4.69) is 9.97 Å². The van der Waals surface area contributed by atoms with Gasteiger partial charge in [-0.15, -0.1) is 0 Å². The normalized spacial score (nSPS) is 14.9. The highest BCUT2D eigenvalue weighted by Crippen LogP contribution is 2.32. The summed E-state index contributed by atoms with van der Waals surface area (Å²) in [6.45, 7) is 1.50. The number of nitrogens with zero attached hydrogens (tertiary/aromatic N) is 6. The second kappa shape index (κ2) is 7.49. The Bertz CT molecular complexity index is 866. The van der Waals surface area contributed by atoms with Crippen molar-refractivity contribution in [3.8, 4) is 0 Å². The van der Waals surface area contributed by atoms with Gasteiger partial charge in [-0.05, 0) is 6.07 Å². The van der Waals surface area contributed by atoms with E-state index in [9.17, 15) is 23.3 Å². The van der Waals surface area contributed by atoms with Crippen molar-refractivity contribution in [1.29, 1.82) is 0 Å². The van der Waals surface area contributed by atoms with E-state index in [4.69, 9.17) is 0 Å². The average Bonchev–Trinajstić information content (AvgIpc) is 2.67. The van der Waals surface area contributed by atoms with Gasteiger partial charge in [0.05, 0.1) is 4.92 Å². The van der Waals surface area contributed by atoms with Gasteiger partial charge in [-0.1, -0.05) is 12.1 Å². The maximum Gasteiger partial charge on any atom is 0.433 e. The van der Waals surface area contributed by atoms with Gasteiger partial charge >= 0.3 is 6.18 Å². The molecule has 0 atom stereocenters. The van der Waals surface area contributed by atoms with Crippen LogP contribution in [0.2, 0.25) is 0 Å². The van der Waals surface area contributed by atoms with Crippen molar-refractivity contribution in [2.45, 2.75) is 6.18 Å². The molecule has 28 heavy (non-hydrogen) atoms. The van der Waals surface area contributed by atoms with Crippen molar-refractivity contribution < 1.29 is 18.1 Å². The number of alkyl halides is 3. The number of nitro benzene ring substituents is 1. The second-order valence-electron chi connectivity index (χ2n) is 6.52. The first-order valence-corrected chi connectivity index (χ1v) is 8.53. The molecule has 0 amide bonds. The van der Waals surface area contributed by atoms with Crippen molar-refractivity contribution in [3.63, 3.8) is 0 Å². The number of halogens is 3. The summed E-state index contributed by atoms with van der Waals surface area (Å²) in [5, 5.41) is 11.2. The van der Waals surface area contributed by atoms with Crippen molar-refractivity contribution in [1.82, 2.24) is 9.97 Å². The van der Waals surface area contributed by atoms with Gasteiger partial charge < -0.3 is 14.7 Å². The van der Waals surface area contributed by atoms with Crippen LogP contribution in [0.4, 0.5) is 36.3 Å². The molecule has 2 heterocycles. The summed E-state index contributed by atoms with van der Waals surface area (Å²) in [5.41, 5.74) is -0.505. The fourth-order valence-electron chi connectivity index (χ4n) is 2.97. The quantitative estimate of drug-likeness (QED) is 0.581. The summed E-state index contributed by atoms with van der Waals surface area (Å²) in [4.78, 5) is 23.7. The zero-order valence-electron chi connectivity index (χ0n) is 15.3. The van der Waals surface area contributed by atoms with Gasteiger partial charge in [0.2, 0.25) is 5.95 Å². The van der Waals surface area contributed by atoms with Crippen LogP contribution in [-0.4, -0.2) is 55.2 Å². The lowest BCUT2D eigenvalue weighted by Crippen LogP contribution is -2.47. The van der Waals surface area contributed by atoms with Gasteiger partial charge in [-0.3, -0.25) is 10.1 Å². The Morgan fingerprint density at radius 3 is 2.25 bits per heavy atom. The van der Waals surface area contributed by atoms with E-state index in [1.165, 1.54) is 11.0 Å². The van der Waals surface area contributed by atoms with Crippen molar-refractivity contribution in [3.05, 3.63) is 46.1 Å². The van der Waals surface area contributed by atoms with Crippen molar-refractivity contribution in [2.24, 2.45) is 0 Å². The van der Waals surface area contributed by atoms with E-state index < -0.39 is 16.8 Å². The van der Waals surface area contributed by atoms with Gasteiger partial charge in [-0.25, -0.2) is 4.98 Å². The van der Waals surface area contributed by atoms with Gasteiger partial charge in [0, 0.05) is 52.4 Å². The number of hydrogen-bond donors (Lipinski definition) is 0. The molecule has 0 aliphatic carbocycles. The van der Waals surface area contributed by atoms with Gasteiger partial charge in [-0.2, -0.15) is 18.2 Å². The molecule has 11 heteroatoms. The molecule has 1 fully saturated rings. The molecule has 150 valence electrons. The Hall–Kier alpha value is -3.11. The Balaban J connectivity index is 1.82. The van der Waals surface area contributed by atoms with E-state index in [0.29, 0.717) is 31.9 Å². The monoisotopic (exact) mass is 396 g/mol. The minimum absolute atomic E-state index is 0.000682. The molecule has 0 radical (unpaired) electrons. The van der Waals surface area contributed by atoms with Crippen molar-refractivity contribution in [2.75, 3.05) is 55.0 Å². The third kappa shape index (κ3) is 4.07. The number of rotatable bonds is 4. The number of anilines is 3. The number of piperazine rings is 1. The summed E-state index contributed by atoms with van der Waals surface area (Å²) in [5.74, 6) is 0.166. The van der Waals surface area contributed by atoms with Crippen molar-refractivity contribution >= 4 is 23.1 Å². The highest BCUT2D eigenvalue weighted by molar-refractivity contribution is 5.63. The second-order valence-corrected chi connectivity index (χ2v) is 6.52. The maximum absolute atomic E-state index is 13.2. The molecule has 1 aromatic heterocycles. The molecule has 0 N–H and O–H groups in total. The van der Waals surface area contributed by atoms with E-state index in [0.717, 1.165) is 6.07 Å². The highest BCUT2D eigenvalue weighted by Gasteiger charge is 2.35. The molecule has 0 bridgehead atoms. The zero-order valence-corrected chi connectivity index (χ0v) is 15.3. The SMILES string of the molecule is CN(C)c1cc(C(F)(F)F)nc(N2CCN(c3ccccc3[N+](=O)[O-])CC2)n1. The van der Waals surface area contributed by atoms with Crippen LogP contribution in [0.25, 0.3) is 0 Å². The number of aromatic nitrogens is 2. The lowest BCUT2D eigenvalue weighted by molar-refractivity contribution is -0.384. The topological polar surface area (TPSA) is 78.6 Å². The Kier molecular flexibility index (Phi) is 5.25. The Morgan fingerprint density at radius 1 is 1.07 bits per heavy atom. The van der Waals surface area contributed by atoms with Gasteiger partial charge in [0.15, 0.2) is 5.69 Å². The molecule has 0 spiro atoms. The maximum atomic E-state index is 13.2. The van der Waals surface area contributed by atoms with Crippen LogP contribution in [0.15, 0.2) is 30.3 Å². The average molecular weight is 396 g/mol.